The van der Waals surface area contributed by atoms with Crippen LogP contribution in [0.1, 0.15) is 67.7 Å². The van der Waals surface area contributed by atoms with Crippen molar-refractivity contribution < 1.29 is 9.59 Å². The standard InChI is InChI=1S/C17H32N2O2/c1-8-10-12(9-2)19-13(11(3)4)15(20)18-14(16(19)21)17(5,6)7/h11-14H,8-10H2,1-7H3,(H,18,20). The van der Waals surface area contributed by atoms with Crippen molar-refractivity contribution >= 4 is 11.8 Å². The molecule has 0 aliphatic carbocycles. The maximum atomic E-state index is 13.0. The van der Waals surface area contributed by atoms with Crippen molar-refractivity contribution in [2.45, 2.75) is 85.9 Å². The Hall–Kier alpha value is -1.06. The normalized spacial score (nSPS) is 25.2. The van der Waals surface area contributed by atoms with Crippen LogP contribution in [0.3, 0.4) is 0 Å². The average Bonchev–Trinajstić information content (AvgIpc) is 2.36. The molecule has 0 bridgehead atoms. The Morgan fingerprint density at radius 1 is 1.19 bits per heavy atom. The maximum Gasteiger partial charge on any atom is 0.246 e. The van der Waals surface area contributed by atoms with Crippen molar-refractivity contribution in [3.05, 3.63) is 0 Å². The molecule has 0 radical (unpaired) electrons. The summed E-state index contributed by atoms with van der Waals surface area (Å²) in [6, 6.07) is -0.607. The van der Waals surface area contributed by atoms with Crippen LogP contribution in [-0.4, -0.2) is 34.8 Å². The molecule has 1 N–H and O–H groups in total. The smallest absolute Gasteiger partial charge is 0.246 e. The van der Waals surface area contributed by atoms with E-state index in [0.29, 0.717) is 0 Å². The van der Waals surface area contributed by atoms with Crippen LogP contribution in [0.4, 0.5) is 0 Å². The first-order valence-electron chi connectivity index (χ1n) is 8.27. The second-order valence-electron chi connectivity index (χ2n) is 7.59. The van der Waals surface area contributed by atoms with Crippen LogP contribution in [0.5, 0.6) is 0 Å². The van der Waals surface area contributed by atoms with Gasteiger partial charge in [-0.3, -0.25) is 9.59 Å². The quantitative estimate of drug-likeness (QED) is 0.848. The van der Waals surface area contributed by atoms with Gasteiger partial charge in [-0.25, -0.2) is 0 Å². The zero-order valence-corrected chi connectivity index (χ0v) is 14.7. The van der Waals surface area contributed by atoms with E-state index in [1.165, 1.54) is 0 Å². The van der Waals surface area contributed by atoms with Gasteiger partial charge < -0.3 is 10.2 Å². The monoisotopic (exact) mass is 296 g/mol. The average molecular weight is 296 g/mol. The molecule has 1 aliphatic heterocycles. The van der Waals surface area contributed by atoms with Crippen LogP contribution >= 0.6 is 0 Å². The van der Waals surface area contributed by atoms with Crippen molar-refractivity contribution in [1.82, 2.24) is 10.2 Å². The number of nitrogens with zero attached hydrogens (tertiary/aromatic N) is 1. The minimum atomic E-state index is -0.425. The van der Waals surface area contributed by atoms with Crippen molar-refractivity contribution in [2.75, 3.05) is 0 Å². The van der Waals surface area contributed by atoms with Gasteiger partial charge in [-0.15, -0.1) is 0 Å². The topological polar surface area (TPSA) is 49.4 Å². The van der Waals surface area contributed by atoms with Gasteiger partial charge in [0.2, 0.25) is 11.8 Å². The minimum Gasteiger partial charge on any atom is -0.342 e. The molecule has 3 unspecified atom stereocenters. The fourth-order valence-corrected chi connectivity index (χ4v) is 3.19. The highest BCUT2D eigenvalue weighted by molar-refractivity contribution is 5.97. The number of piperazine rings is 1. The lowest BCUT2D eigenvalue weighted by Crippen LogP contribution is -2.69. The number of rotatable bonds is 5. The van der Waals surface area contributed by atoms with E-state index in [2.05, 4.69) is 19.2 Å². The fraction of sp³-hybridized carbons (Fsp3) is 0.882. The van der Waals surface area contributed by atoms with E-state index in [4.69, 9.17) is 0 Å². The van der Waals surface area contributed by atoms with Gasteiger partial charge in [0.1, 0.15) is 12.1 Å². The fourth-order valence-electron chi connectivity index (χ4n) is 3.19. The predicted molar refractivity (Wildman–Crippen MR) is 85.8 cm³/mol. The molecule has 1 saturated heterocycles. The number of amides is 2. The van der Waals surface area contributed by atoms with E-state index < -0.39 is 6.04 Å². The van der Waals surface area contributed by atoms with Gasteiger partial charge in [0.05, 0.1) is 0 Å². The number of hydrogen-bond donors (Lipinski definition) is 1. The lowest BCUT2D eigenvalue weighted by Gasteiger charge is -2.47. The summed E-state index contributed by atoms with van der Waals surface area (Å²) < 4.78 is 0. The first-order valence-corrected chi connectivity index (χ1v) is 8.27. The maximum absolute atomic E-state index is 13.0. The van der Waals surface area contributed by atoms with Crippen LogP contribution in [-0.2, 0) is 9.59 Å². The number of hydrogen-bond acceptors (Lipinski definition) is 2. The van der Waals surface area contributed by atoms with E-state index in [-0.39, 0.29) is 35.2 Å². The minimum absolute atomic E-state index is 0.000854. The molecule has 4 heteroatoms. The predicted octanol–water partition coefficient (Wildman–Crippen LogP) is 2.96. The third-order valence-electron chi connectivity index (χ3n) is 4.34. The molecule has 1 heterocycles. The van der Waals surface area contributed by atoms with Crippen LogP contribution in [0, 0.1) is 11.3 Å². The molecule has 1 aliphatic rings. The highest BCUT2D eigenvalue weighted by atomic mass is 16.2. The second-order valence-corrected chi connectivity index (χ2v) is 7.59. The Morgan fingerprint density at radius 2 is 1.76 bits per heavy atom. The molecule has 2 amide bonds. The molecule has 4 nitrogen and oxygen atoms in total. The second kappa shape index (κ2) is 6.80. The molecule has 122 valence electrons. The van der Waals surface area contributed by atoms with Crippen LogP contribution in [0.25, 0.3) is 0 Å². The third-order valence-corrected chi connectivity index (χ3v) is 4.34. The number of carbonyl (C=O) groups is 2. The SMILES string of the molecule is CCCC(CC)N1C(=O)C(C(C)(C)C)NC(=O)C1C(C)C. The number of carbonyl (C=O) groups excluding carboxylic acids is 2. The molecule has 0 aromatic carbocycles. The summed E-state index contributed by atoms with van der Waals surface area (Å²) in [5.74, 6) is 0.209. The van der Waals surface area contributed by atoms with Crippen molar-refractivity contribution in [1.29, 1.82) is 0 Å². The van der Waals surface area contributed by atoms with E-state index in [1.54, 1.807) is 0 Å². The summed E-state index contributed by atoms with van der Waals surface area (Å²) in [6.07, 6.45) is 2.87. The lowest BCUT2D eigenvalue weighted by molar-refractivity contribution is -0.157. The van der Waals surface area contributed by atoms with Gasteiger partial charge in [-0.1, -0.05) is 54.9 Å². The van der Waals surface area contributed by atoms with Gasteiger partial charge >= 0.3 is 0 Å². The van der Waals surface area contributed by atoms with Crippen molar-refractivity contribution in [2.24, 2.45) is 11.3 Å². The zero-order valence-electron chi connectivity index (χ0n) is 14.7. The van der Waals surface area contributed by atoms with Crippen LogP contribution in [0.15, 0.2) is 0 Å². The summed E-state index contributed by atoms with van der Waals surface area (Å²) in [4.78, 5) is 27.5. The molecule has 21 heavy (non-hydrogen) atoms. The largest absolute Gasteiger partial charge is 0.342 e. The van der Waals surface area contributed by atoms with Gasteiger partial charge in [-0.2, -0.15) is 0 Å². The molecule has 3 atom stereocenters. The third kappa shape index (κ3) is 3.78. The van der Waals surface area contributed by atoms with E-state index in [1.807, 2.05) is 39.5 Å². The highest BCUT2D eigenvalue weighted by Gasteiger charge is 2.47. The van der Waals surface area contributed by atoms with Gasteiger partial charge in [0.15, 0.2) is 0 Å². The Kier molecular flexibility index (Phi) is 5.83. The van der Waals surface area contributed by atoms with Crippen LogP contribution in [0.2, 0.25) is 0 Å². The Morgan fingerprint density at radius 3 is 2.14 bits per heavy atom. The Labute approximate surface area is 129 Å². The highest BCUT2D eigenvalue weighted by Crippen LogP contribution is 2.30. The van der Waals surface area contributed by atoms with Gasteiger partial charge in [-0.05, 0) is 24.2 Å². The van der Waals surface area contributed by atoms with Crippen molar-refractivity contribution in [3.8, 4) is 0 Å². The first-order chi connectivity index (χ1) is 9.65. The Bertz CT molecular complexity index is 385. The van der Waals surface area contributed by atoms with E-state index in [9.17, 15) is 9.59 Å². The molecule has 1 fully saturated rings. The lowest BCUT2D eigenvalue weighted by atomic mass is 9.81. The Balaban J connectivity index is 3.20. The summed E-state index contributed by atoms with van der Waals surface area (Å²) >= 11 is 0. The van der Waals surface area contributed by atoms with Crippen molar-refractivity contribution in [3.63, 3.8) is 0 Å². The van der Waals surface area contributed by atoms with Gasteiger partial charge in [0.25, 0.3) is 0 Å². The van der Waals surface area contributed by atoms with E-state index in [0.717, 1.165) is 19.3 Å². The molecule has 0 saturated carbocycles. The summed E-state index contributed by atoms with van der Waals surface area (Å²) in [5, 5.41) is 2.96. The zero-order chi connectivity index (χ0) is 16.4. The van der Waals surface area contributed by atoms with Gasteiger partial charge in [0, 0.05) is 6.04 Å². The molecule has 0 aromatic rings. The summed E-state index contributed by atoms with van der Waals surface area (Å²) in [7, 11) is 0. The molecular formula is C17H32N2O2. The molecule has 1 rings (SSSR count). The van der Waals surface area contributed by atoms with E-state index >= 15 is 0 Å². The van der Waals surface area contributed by atoms with Crippen LogP contribution < -0.4 is 5.32 Å². The number of nitrogens with one attached hydrogen (secondary N) is 1. The molecule has 0 spiro atoms. The molecular weight excluding hydrogens is 264 g/mol. The molecule has 0 aromatic heterocycles. The first kappa shape index (κ1) is 18.0. The summed E-state index contributed by atoms with van der Waals surface area (Å²) in [5.41, 5.74) is -0.266. The summed E-state index contributed by atoms with van der Waals surface area (Å²) in [6.45, 7) is 14.3.